The van der Waals surface area contributed by atoms with Gasteiger partial charge in [0.25, 0.3) is 5.91 Å². The van der Waals surface area contributed by atoms with Crippen LogP contribution in [0.3, 0.4) is 0 Å². The number of hydrogen-bond donors (Lipinski definition) is 1. The van der Waals surface area contributed by atoms with Gasteiger partial charge < -0.3 is 5.32 Å². The molecule has 0 spiro atoms. The zero-order chi connectivity index (χ0) is 9.52. The summed E-state index contributed by atoms with van der Waals surface area (Å²) in [6.45, 7) is 1.98. The van der Waals surface area contributed by atoms with Gasteiger partial charge in [0.2, 0.25) is 0 Å². The number of nitrogens with zero attached hydrogens (tertiary/aromatic N) is 2. The molecule has 0 atom stereocenters. The highest BCUT2D eigenvalue weighted by atomic mass is 16.1. The van der Waals surface area contributed by atoms with E-state index in [0.717, 1.165) is 0 Å². The largest absolute Gasteiger partial charge is 0.340 e. The van der Waals surface area contributed by atoms with Crippen LogP contribution in [0.1, 0.15) is 12.6 Å². The lowest BCUT2D eigenvalue weighted by Crippen LogP contribution is -2.21. The molecule has 0 bridgehead atoms. The minimum atomic E-state index is -0.298. The second kappa shape index (κ2) is 4.88. The van der Waals surface area contributed by atoms with Crippen molar-refractivity contribution < 1.29 is 4.79 Å². The number of rotatable bonds is 2. The average molecular weight is 175 g/mol. The van der Waals surface area contributed by atoms with Crippen molar-refractivity contribution in [1.29, 1.82) is 0 Å². The second-order valence-electron chi connectivity index (χ2n) is 2.25. The highest BCUT2D eigenvalue weighted by Gasteiger charge is 1.96. The van der Waals surface area contributed by atoms with Crippen molar-refractivity contribution in [3.63, 3.8) is 0 Å². The third-order valence-corrected chi connectivity index (χ3v) is 1.29. The zero-order valence-corrected chi connectivity index (χ0v) is 7.24. The van der Waals surface area contributed by atoms with Gasteiger partial charge in [-0.2, -0.15) is 0 Å². The summed E-state index contributed by atoms with van der Waals surface area (Å²) in [5.41, 5.74) is 0.716. The molecular formula is C9H9N3O. The molecule has 1 aromatic heterocycles. The van der Waals surface area contributed by atoms with Crippen molar-refractivity contribution in [2.24, 2.45) is 0 Å². The molecule has 1 amide bonds. The van der Waals surface area contributed by atoms with E-state index >= 15 is 0 Å². The highest BCUT2D eigenvalue weighted by Crippen LogP contribution is 1.87. The molecule has 0 unspecified atom stereocenters. The third-order valence-electron chi connectivity index (χ3n) is 1.29. The summed E-state index contributed by atoms with van der Waals surface area (Å²) in [5.74, 6) is 4.58. The van der Waals surface area contributed by atoms with Gasteiger partial charge in [0, 0.05) is 12.4 Å². The molecule has 66 valence electrons. The van der Waals surface area contributed by atoms with E-state index < -0.39 is 0 Å². The number of amides is 1. The van der Waals surface area contributed by atoms with Crippen LogP contribution in [-0.2, 0) is 11.3 Å². The van der Waals surface area contributed by atoms with Crippen LogP contribution in [-0.4, -0.2) is 15.9 Å². The fraction of sp³-hybridized carbons (Fsp3) is 0.222. The molecule has 1 N–H and O–H groups in total. The van der Waals surface area contributed by atoms with Crippen LogP contribution in [0.25, 0.3) is 0 Å². The molecule has 13 heavy (non-hydrogen) atoms. The van der Waals surface area contributed by atoms with Crippen LogP contribution in [0.5, 0.6) is 0 Å². The van der Waals surface area contributed by atoms with Crippen LogP contribution < -0.4 is 5.32 Å². The summed E-state index contributed by atoms with van der Waals surface area (Å²) in [7, 11) is 0. The van der Waals surface area contributed by atoms with Crippen molar-refractivity contribution in [3.8, 4) is 11.8 Å². The fourth-order valence-corrected chi connectivity index (χ4v) is 0.750. The van der Waals surface area contributed by atoms with Crippen LogP contribution in [0, 0.1) is 11.8 Å². The van der Waals surface area contributed by atoms with Gasteiger partial charge in [0.15, 0.2) is 0 Å². The summed E-state index contributed by atoms with van der Waals surface area (Å²) >= 11 is 0. The van der Waals surface area contributed by atoms with Gasteiger partial charge in [-0.3, -0.25) is 14.8 Å². The van der Waals surface area contributed by atoms with E-state index in [2.05, 4.69) is 27.1 Å². The Morgan fingerprint density at radius 3 is 3.08 bits per heavy atom. The van der Waals surface area contributed by atoms with Crippen LogP contribution in [0.4, 0.5) is 0 Å². The predicted molar refractivity (Wildman–Crippen MR) is 47.3 cm³/mol. The fourth-order valence-electron chi connectivity index (χ4n) is 0.750. The van der Waals surface area contributed by atoms with Gasteiger partial charge in [-0.1, -0.05) is 5.92 Å². The molecule has 4 nitrogen and oxygen atoms in total. The molecule has 4 heteroatoms. The number of hydrogen-bond acceptors (Lipinski definition) is 3. The maximum atomic E-state index is 10.9. The van der Waals surface area contributed by atoms with Crippen molar-refractivity contribution in [1.82, 2.24) is 15.3 Å². The molecule has 0 radical (unpaired) electrons. The number of aromatic nitrogens is 2. The van der Waals surface area contributed by atoms with Gasteiger partial charge >= 0.3 is 0 Å². The molecule has 0 fully saturated rings. The molecule has 1 heterocycles. The smallest absolute Gasteiger partial charge is 0.296 e. The Hall–Kier alpha value is -1.89. The van der Waals surface area contributed by atoms with Crippen molar-refractivity contribution in [2.75, 3.05) is 0 Å². The van der Waals surface area contributed by atoms with Crippen molar-refractivity contribution >= 4 is 5.91 Å². The Labute approximate surface area is 76.4 Å². The van der Waals surface area contributed by atoms with Crippen LogP contribution in [0.2, 0.25) is 0 Å². The Balaban J connectivity index is 2.43. The van der Waals surface area contributed by atoms with E-state index in [4.69, 9.17) is 0 Å². The van der Waals surface area contributed by atoms with Crippen molar-refractivity contribution in [3.05, 3.63) is 24.3 Å². The quantitative estimate of drug-likeness (QED) is 0.649. The maximum Gasteiger partial charge on any atom is 0.296 e. The summed E-state index contributed by atoms with van der Waals surface area (Å²) < 4.78 is 0. The minimum absolute atomic E-state index is 0.298. The molecule has 0 aliphatic heterocycles. The molecule has 0 saturated heterocycles. The topological polar surface area (TPSA) is 54.9 Å². The standard InChI is InChI=1S/C9H9N3O/c1-2-3-9(13)12-7-8-6-10-4-5-11-8/h4-6H,7H2,1H3,(H,12,13). The van der Waals surface area contributed by atoms with Crippen LogP contribution >= 0.6 is 0 Å². The third kappa shape index (κ3) is 3.34. The lowest BCUT2D eigenvalue weighted by molar-refractivity contribution is -0.115. The Morgan fingerprint density at radius 1 is 1.62 bits per heavy atom. The molecule has 0 saturated carbocycles. The van der Waals surface area contributed by atoms with E-state index in [1.165, 1.54) is 0 Å². The average Bonchev–Trinajstić information content (AvgIpc) is 2.17. The van der Waals surface area contributed by atoms with Gasteiger partial charge in [-0.25, -0.2) is 0 Å². The number of carbonyl (C=O) groups excluding carboxylic acids is 1. The first-order valence-corrected chi connectivity index (χ1v) is 3.78. The second-order valence-corrected chi connectivity index (χ2v) is 2.25. The van der Waals surface area contributed by atoms with Gasteiger partial charge in [0.05, 0.1) is 18.4 Å². The number of carbonyl (C=O) groups is 1. The Morgan fingerprint density at radius 2 is 2.46 bits per heavy atom. The van der Waals surface area contributed by atoms with Crippen LogP contribution in [0.15, 0.2) is 18.6 Å². The lowest BCUT2D eigenvalue weighted by atomic mass is 10.4. The molecule has 0 aliphatic carbocycles. The summed E-state index contributed by atoms with van der Waals surface area (Å²) in [5, 5.41) is 2.58. The summed E-state index contributed by atoms with van der Waals surface area (Å²) in [4.78, 5) is 18.7. The molecule has 1 aromatic rings. The zero-order valence-electron chi connectivity index (χ0n) is 7.24. The molecule has 0 aromatic carbocycles. The molecule has 1 rings (SSSR count). The summed E-state index contributed by atoms with van der Waals surface area (Å²) in [6.07, 6.45) is 4.75. The van der Waals surface area contributed by atoms with Gasteiger partial charge in [-0.05, 0) is 12.8 Å². The molecular weight excluding hydrogens is 166 g/mol. The first-order chi connectivity index (χ1) is 6.33. The first-order valence-electron chi connectivity index (χ1n) is 3.78. The SMILES string of the molecule is CC#CC(=O)NCc1cnccn1. The van der Waals surface area contributed by atoms with E-state index in [0.29, 0.717) is 12.2 Å². The van der Waals surface area contributed by atoms with E-state index in [9.17, 15) is 4.79 Å². The minimum Gasteiger partial charge on any atom is -0.340 e. The Bertz CT molecular complexity index is 337. The predicted octanol–water partition coefficient (Wildman–Crippen LogP) is 0.116. The monoisotopic (exact) mass is 175 g/mol. The van der Waals surface area contributed by atoms with Gasteiger partial charge in [-0.15, -0.1) is 0 Å². The Kier molecular flexibility index (Phi) is 3.45. The maximum absolute atomic E-state index is 10.9. The summed E-state index contributed by atoms with van der Waals surface area (Å²) in [6, 6.07) is 0. The van der Waals surface area contributed by atoms with Crippen molar-refractivity contribution in [2.45, 2.75) is 13.5 Å². The highest BCUT2D eigenvalue weighted by molar-refractivity contribution is 5.93. The van der Waals surface area contributed by atoms with Gasteiger partial charge in [0.1, 0.15) is 0 Å². The van der Waals surface area contributed by atoms with E-state index in [-0.39, 0.29) is 5.91 Å². The molecule has 0 aliphatic rings. The van der Waals surface area contributed by atoms with E-state index in [1.54, 1.807) is 25.5 Å². The normalized spacial score (nSPS) is 8.38. The first kappa shape index (κ1) is 9.20. The lowest BCUT2D eigenvalue weighted by Gasteiger charge is -1.98. The number of nitrogens with one attached hydrogen (secondary N) is 1. The van der Waals surface area contributed by atoms with E-state index in [1.807, 2.05) is 0 Å².